The van der Waals surface area contributed by atoms with Crippen molar-refractivity contribution in [3.63, 3.8) is 0 Å². The molecule has 1 heterocycles. The molecule has 2 aliphatic rings. The van der Waals surface area contributed by atoms with Crippen LogP contribution < -0.4 is 0 Å². The first-order valence-corrected chi connectivity index (χ1v) is 16.1. The van der Waals surface area contributed by atoms with E-state index in [1.54, 1.807) is 0 Å². The fraction of sp³-hybridized carbons (Fsp3) is 0.457. The normalized spacial score (nSPS) is 17.2. The molecule has 3 aromatic carbocycles. The topological polar surface area (TPSA) is 36.0 Å². The maximum absolute atomic E-state index is 13.3. The molecule has 41 heavy (non-hydrogen) atoms. The first-order valence-electron chi connectivity index (χ1n) is 15.3. The quantitative estimate of drug-likeness (QED) is 0.197. The molecule has 1 amide bonds. The van der Waals surface area contributed by atoms with Crippen LogP contribution in [0.5, 0.6) is 0 Å². The maximum Gasteiger partial charge on any atom is 0.410 e. The monoisotopic (exact) mass is 571 g/mol. The summed E-state index contributed by atoms with van der Waals surface area (Å²) in [5, 5.41) is 0. The van der Waals surface area contributed by atoms with Crippen LogP contribution >= 0.6 is 11.9 Å². The number of hydrogen-bond donors (Lipinski definition) is 0. The molecule has 1 unspecified atom stereocenters. The summed E-state index contributed by atoms with van der Waals surface area (Å²) in [5.74, 6) is 1.10. The fourth-order valence-electron chi connectivity index (χ4n) is 6.02. The van der Waals surface area contributed by atoms with Crippen molar-refractivity contribution in [1.82, 2.24) is 14.1 Å². The molecule has 0 N–H and O–H groups in total. The SMILES string of the molecule is CN(CC(CCN1CCC(N(CC2CCC2)C(=O)OCc2ccccc2)CC1)c1ccccc1)Sc1ccccc1. The lowest BCUT2D eigenvalue weighted by Crippen LogP contribution is -2.50. The number of rotatable bonds is 13. The molecule has 0 aromatic heterocycles. The predicted octanol–water partition coefficient (Wildman–Crippen LogP) is 7.70. The van der Waals surface area contributed by atoms with Crippen LogP contribution in [-0.2, 0) is 11.3 Å². The molecule has 1 aliphatic heterocycles. The number of likely N-dealkylation sites (tertiary alicyclic amines) is 1. The lowest BCUT2D eigenvalue weighted by Gasteiger charge is -2.41. The molecule has 2 fully saturated rings. The highest BCUT2D eigenvalue weighted by atomic mass is 32.2. The van der Waals surface area contributed by atoms with Gasteiger partial charge in [0.05, 0.1) is 0 Å². The van der Waals surface area contributed by atoms with Gasteiger partial charge < -0.3 is 14.5 Å². The third kappa shape index (κ3) is 9.09. The first-order chi connectivity index (χ1) is 20.1. The van der Waals surface area contributed by atoms with Gasteiger partial charge in [-0.25, -0.2) is 9.10 Å². The Kier molecular flexibility index (Phi) is 11.2. The van der Waals surface area contributed by atoms with Crippen molar-refractivity contribution >= 4 is 18.0 Å². The van der Waals surface area contributed by atoms with E-state index in [1.807, 2.05) is 42.3 Å². The van der Waals surface area contributed by atoms with Crippen molar-refractivity contribution < 1.29 is 9.53 Å². The van der Waals surface area contributed by atoms with Crippen LogP contribution in [0.3, 0.4) is 0 Å². The molecule has 3 aromatic rings. The van der Waals surface area contributed by atoms with E-state index >= 15 is 0 Å². The van der Waals surface area contributed by atoms with Crippen LogP contribution in [0, 0.1) is 5.92 Å². The van der Waals surface area contributed by atoms with Crippen LogP contribution in [0.15, 0.2) is 95.9 Å². The summed E-state index contributed by atoms with van der Waals surface area (Å²) >= 11 is 1.82. The van der Waals surface area contributed by atoms with Gasteiger partial charge in [-0.15, -0.1) is 0 Å². The van der Waals surface area contributed by atoms with Crippen LogP contribution in [-0.4, -0.2) is 66.0 Å². The Hall–Kier alpha value is -2.80. The van der Waals surface area contributed by atoms with Gasteiger partial charge >= 0.3 is 6.09 Å². The molecule has 0 radical (unpaired) electrons. The summed E-state index contributed by atoms with van der Waals surface area (Å²) in [7, 11) is 2.20. The van der Waals surface area contributed by atoms with Crippen LogP contribution in [0.4, 0.5) is 4.79 Å². The predicted molar refractivity (Wildman–Crippen MR) is 169 cm³/mol. The Morgan fingerprint density at radius 3 is 2.17 bits per heavy atom. The van der Waals surface area contributed by atoms with Gasteiger partial charge in [-0.2, -0.15) is 0 Å². The Morgan fingerprint density at radius 2 is 1.54 bits per heavy atom. The van der Waals surface area contributed by atoms with Crippen molar-refractivity contribution in [2.45, 2.75) is 62.0 Å². The highest BCUT2D eigenvalue weighted by molar-refractivity contribution is 7.97. The fourth-order valence-corrected chi connectivity index (χ4v) is 6.91. The lowest BCUT2D eigenvalue weighted by molar-refractivity contribution is 0.0457. The van der Waals surface area contributed by atoms with Crippen molar-refractivity contribution in [3.05, 3.63) is 102 Å². The minimum absolute atomic E-state index is 0.137. The van der Waals surface area contributed by atoms with Crippen molar-refractivity contribution in [3.8, 4) is 0 Å². The number of nitrogens with zero attached hydrogens (tertiary/aromatic N) is 3. The minimum Gasteiger partial charge on any atom is -0.445 e. The van der Waals surface area contributed by atoms with E-state index < -0.39 is 0 Å². The zero-order chi connectivity index (χ0) is 28.3. The van der Waals surface area contributed by atoms with Crippen molar-refractivity contribution in [1.29, 1.82) is 0 Å². The van der Waals surface area contributed by atoms with Crippen molar-refractivity contribution in [2.24, 2.45) is 5.92 Å². The number of carbonyl (C=O) groups is 1. The van der Waals surface area contributed by atoms with E-state index in [4.69, 9.17) is 4.74 Å². The molecule has 0 bridgehead atoms. The molecule has 0 spiro atoms. The number of amides is 1. The van der Waals surface area contributed by atoms with E-state index in [0.29, 0.717) is 18.4 Å². The standard InChI is InChI=1S/C35H45N3O2S/c1-36(41-34-18-9-4-10-19-34)27-32(31-16-7-3-8-17-31)20-23-37-24-21-33(22-25-37)38(26-29-14-11-15-29)35(39)40-28-30-12-5-2-6-13-30/h2-10,12-13,16-19,29,32-33H,11,14-15,20-28H2,1H3. The van der Waals surface area contributed by atoms with Gasteiger partial charge in [-0.3, -0.25) is 0 Å². The Morgan fingerprint density at radius 1 is 0.902 bits per heavy atom. The Bertz CT molecular complexity index is 1170. The van der Waals surface area contributed by atoms with E-state index in [1.165, 1.54) is 29.7 Å². The summed E-state index contributed by atoms with van der Waals surface area (Å²) in [6, 6.07) is 31.9. The zero-order valence-corrected chi connectivity index (χ0v) is 25.3. The summed E-state index contributed by atoms with van der Waals surface area (Å²) in [4.78, 5) is 19.2. The van der Waals surface area contributed by atoms with E-state index in [0.717, 1.165) is 57.5 Å². The van der Waals surface area contributed by atoms with Gasteiger partial charge in [-0.1, -0.05) is 85.3 Å². The molecule has 1 saturated heterocycles. The second-order valence-electron chi connectivity index (χ2n) is 11.7. The molecular weight excluding hydrogens is 526 g/mol. The third-order valence-corrected chi connectivity index (χ3v) is 9.61. The molecule has 6 heteroatoms. The molecule has 5 nitrogen and oxygen atoms in total. The van der Waals surface area contributed by atoms with Crippen molar-refractivity contribution in [2.75, 3.05) is 39.8 Å². The molecule has 5 rings (SSSR count). The number of ether oxygens (including phenoxy) is 1. The largest absolute Gasteiger partial charge is 0.445 e. The average molecular weight is 572 g/mol. The summed E-state index contributed by atoms with van der Waals surface area (Å²) in [6.45, 7) is 5.35. The third-order valence-electron chi connectivity index (χ3n) is 8.66. The van der Waals surface area contributed by atoms with Crippen LogP contribution in [0.25, 0.3) is 0 Å². The summed E-state index contributed by atoms with van der Waals surface area (Å²) in [5.41, 5.74) is 2.45. The van der Waals surface area contributed by atoms with E-state index in [9.17, 15) is 4.79 Å². The molecule has 218 valence electrons. The number of carbonyl (C=O) groups excluding carboxylic acids is 1. The van der Waals surface area contributed by atoms with Gasteiger partial charge in [0.1, 0.15) is 6.61 Å². The number of piperidine rings is 1. The van der Waals surface area contributed by atoms with E-state index in [-0.39, 0.29) is 12.1 Å². The number of benzene rings is 3. The van der Waals surface area contributed by atoms with Crippen LogP contribution in [0.1, 0.15) is 55.6 Å². The number of hydrogen-bond acceptors (Lipinski definition) is 5. The second-order valence-corrected chi connectivity index (χ2v) is 13.0. The van der Waals surface area contributed by atoms with Gasteiger partial charge in [0.2, 0.25) is 0 Å². The number of likely N-dealkylation sites (N-methyl/N-ethyl adjacent to an activating group) is 1. The Labute approximate surface area is 251 Å². The van der Waals surface area contributed by atoms with Gasteiger partial charge in [-0.05, 0) is 92.7 Å². The molecular formula is C35H45N3O2S. The molecule has 1 atom stereocenters. The maximum atomic E-state index is 13.3. The smallest absolute Gasteiger partial charge is 0.410 e. The summed E-state index contributed by atoms with van der Waals surface area (Å²) in [6.07, 6.45) is 6.79. The van der Waals surface area contributed by atoms with E-state index in [2.05, 4.69) is 81.8 Å². The van der Waals surface area contributed by atoms with Gasteiger partial charge in [0.15, 0.2) is 0 Å². The minimum atomic E-state index is -0.137. The average Bonchev–Trinajstić information content (AvgIpc) is 2.99. The lowest BCUT2D eigenvalue weighted by atomic mass is 9.84. The first kappa shape index (κ1) is 29.7. The second kappa shape index (κ2) is 15.4. The highest BCUT2D eigenvalue weighted by Crippen LogP contribution is 2.31. The van der Waals surface area contributed by atoms with Gasteiger partial charge in [0, 0.05) is 37.1 Å². The van der Waals surface area contributed by atoms with Crippen LogP contribution in [0.2, 0.25) is 0 Å². The van der Waals surface area contributed by atoms with Gasteiger partial charge in [0.25, 0.3) is 0 Å². The zero-order valence-electron chi connectivity index (χ0n) is 24.4. The highest BCUT2D eigenvalue weighted by Gasteiger charge is 2.32. The molecule has 1 saturated carbocycles. The summed E-state index contributed by atoms with van der Waals surface area (Å²) < 4.78 is 8.19. The molecule has 1 aliphatic carbocycles. The Balaban J connectivity index is 1.13.